The molecular formula is C17H28. The van der Waals surface area contributed by atoms with Crippen molar-refractivity contribution in [3.63, 3.8) is 0 Å². The summed E-state index contributed by atoms with van der Waals surface area (Å²) in [7, 11) is 0. The van der Waals surface area contributed by atoms with E-state index in [1.54, 1.807) is 38.5 Å². The van der Waals surface area contributed by atoms with Crippen molar-refractivity contribution in [2.75, 3.05) is 0 Å². The second-order valence-corrected chi connectivity index (χ2v) is 6.95. The first-order valence-electron chi connectivity index (χ1n) is 7.99. The van der Waals surface area contributed by atoms with E-state index >= 15 is 0 Å². The molecule has 0 radical (unpaired) electrons. The quantitative estimate of drug-likeness (QED) is 0.564. The molecule has 96 valence electrons. The molecule has 0 aromatic rings. The minimum atomic E-state index is 1.06. The maximum Gasteiger partial charge on any atom is -0.0320 e. The van der Waals surface area contributed by atoms with Crippen LogP contribution < -0.4 is 0 Å². The Morgan fingerprint density at radius 1 is 0.588 bits per heavy atom. The molecule has 0 spiro atoms. The van der Waals surface area contributed by atoms with Gasteiger partial charge in [0.1, 0.15) is 0 Å². The molecule has 0 heterocycles. The molecular weight excluding hydrogens is 204 g/mol. The number of hydrogen-bond acceptors (Lipinski definition) is 0. The van der Waals surface area contributed by atoms with Crippen molar-refractivity contribution in [2.45, 2.75) is 70.6 Å². The predicted octanol–water partition coefficient (Wildman–Crippen LogP) is 5.34. The lowest BCUT2D eigenvalue weighted by molar-refractivity contribution is 0.109. The molecule has 3 fully saturated rings. The van der Waals surface area contributed by atoms with Crippen molar-refractivity contribution >= 4 is 0 Å². The van der Waals surface area contributed by atoms with E-state index in [4.69, 9.17) is 0 Å². The molecule has 3 aliphatic rings. The van der Waals surface area contributed by atoms with Gasteiger partial charge in [-0.1, -0.05) is 31.4 Å². The smallest absolute Gasteiger partial charge is 0.0320 e. The Labute approximate surface area is 107 Å². The van der Waals surface area contributed by atoms with Crippen LogP contribution >= 0.6 is 0 Å². The molecule has 0 atom stereocenters. The summed E-state index contributed by atoms with van der Waals surface area (Å²) < 4.78 is 0. The average molecular weight is 232 g/mol. The molecule has 3 rings (SSSR count). The van der Waals surface area contributed by atoms with Crippen LogP contribution in [0, 0.1) is 23.7 Å². The summed E-state index contributed by atoms with van der Waals surface area (Å²) in [5.74, 6) is 4.41. The summed E-state index contributed by atoms with van der Waals surface area (Å²) in [6.45, 7) is 4.15. The van der Waals surface area contributed by atoms with Crippen LogP contribution in [0.4, 0.5) is 0 Å². The normalized spacial score (nSPS) is 36.8. The van der Waals surface area contributed by atoms with E-state index in [-0.39, 0.29) is 0 Å². The van der Waals surface area contributed by atoms with Gasteiger partial charge >= 0.3 is 0 Å². The van der Waals surface area contributed by atoms with Crippen LogP contribution in [-0.4, -0.2) is 0 Å². The molecule has 0 aliphatic heterocycles. The molecule has 0 aromatic heterocycles. The van der Waals surface area contributed by atoms with Gasteiger partial charge in [-0.15, -0.1) is 0 Å². The summed E-state index contributed by atoms with van der Waals surface area (Å²) >= 11 is 0. The van der Waals surface area contributed by atoms with Crippen LogP contribution in [0.1, 0.15) is 70.6 Å². The van der Waals surface area contributed by atoms with Crippen LogP contribution in [0.2, 0.25) is 0 Å². The molecule has 0 heteroatoms. The van der Waals surface area contributed by atoms with E-state index in [0.29, 0.717) is 0 Å². The van der Waals surface area contributed by atoms with E-state index in [1.807, 2.05) is 0 Å². The van der Waals surface area contributed by atoms with Crippen molar-refractivity contribution in [3.05, 3.63) is 12.2 Å². The Balaban J connectivity index is 1.46. The third kappa shape index (κ3) is 2.61. The van der Waals surface area contributed by atoms with Gasteiger partial charge in [-0.2, -0.15) is 0 Å². The van der Waals surface area contributed by atoms with E-state index in [2.05, 4.69) is 6.58 Å². The third-order valence-corrected chi connectivity index (χ3v) is 6.04. The zero-order valence-corrected chi connectivity index (χ0v) is 11.3. The number of allylic oxidation sites excluding steroid dienone is 1. The molecule has 0 unspecified atom stereocenters. The Morgan fingerprint density at radius 3 is 1.41 bits per heavy atom. The van der Waals surface area contributed by atoms with Crippen molar-refractivity contribution in [2.24, 2.45) is 23.7 Å². The average Bonchev–Trinajstić information content (AvgIpc) is 2.29. The summed E-state index contributed by atoms with van der Waals surface area (Å²) in [6, 6.07) is 0. The molecule has 0 saturated heterocycles. The van der Waals surface area contributed by atoms with E-state index in [9.17, 15) is 0 Å². The fraction of sp³-hybridized carbons (Fsp3) is 0.882. The highest BCUT2D eigenvalue weighted by Crippen LogP contribution is 2.46. The second-order valence-electron chi connectivity index (χ2n) is 6.95. The lowest BCUT2D eigenvalue weighted by Crippen LogP contribution is -2.29. The van der Waals surface area contributed by atoms with Crippen molar-refractivity contribution in [3.8, 4) is 0 Å². The van der Waals surface area contributed by atoms with Gasteiger partial charge in [0.25, 0.3) is 0 Å². The van der Waals surface area contributed by atoms with Gasteiger partial charge in [0, 0.05) is 0 Å². The molecule has 0 aromatic carbocycles. The molecule has 3 saturated carbocycles. The minimum Gasteiger partial charge on any atom is -0.0999 e. The van der Waals surface area contributed by atoms with Crippen molar-refractivity contribution in [1.82, 2.24) is 0 Å². The van der Waals surface area contributed by atoms with Crippen LogP contribution in [0.5, 0.6) is 0 Å². The molecule has 0 bridgehead atoms. The Bertz CT molecular complexity index is 256. The van der Waals surface area contributed by atoms with Gasteiger partial charge in [0.15, 0.2) is 0 Å². The molecule has 3 aliphatic carbocycles. The molecule has 0 nitrogen and oxygen atoms in total. The van der Waals surface area contributed by atoms with Gasteiger partial charge in [-0.25, -0.2) is 0 Å². The summed E-state index contributed by atoms with van der Waals surface area (Å²) in [5, 5.41) is 0. The molecule has 0 amide bonds. The zero-order chi connectivity index (χ0) is 11.7. The SMILES string of the molecule is C=C1CCC(C2CCC(C3CCC3)CC2)CC1. The van der Waals surface area contributed by atoms with Crippen LogP contribution in [0.25, 0.3) is 0 Å². The van der Waals surface area contributed by atoms with Gasteiger partial charge in [-0.3, -0.25) is 0 Å². The molecule has 0 N–H and O–H groups in total. The Kier molecular flexibility index (Phi) is 3.59. The number of rotatable bonds is 2. The molecule has 17 heavy (non-hydrogen) atoms. The fourth-order valence-electron chi connectivity index (χ4n) is 4.52. The van der Waals surface area contributed by atoms with Crippen molar-refractivity contribution < 1.29 is 0 Å². The highest BCUT2D eigenvalue weighted by molar-refractivity contribution is 4.99. The topological polar surface area (TPSA) is 0 Å². The summed E-state index contributed by atoms with van der Waals surface area (Å²) in [4.78, 5) is 0. The first-order chi connectivity index (χ1) is 8.33. The van der Waals surface area contributed by atoms with E-state index in [1.165, 1.54) is 37.7 Å². The second kappa shape index (κ2) is 5.16. The van der Waals surface area contributed by atoms with E-state index in [0.717, 1.165) is 23.7 Å². The lowest BCUT2D eigenvalue weighted by Gasteiger charge is -2.41. The van der Waals surface area contributed by atoms with Crippen LogP contribution in [0.3, 0.4) is 0 Å². The highest BCUT2D eigenvalue weighted by atomic mass is 14.4. The first kappa shape index (κ1) is 11.8. The monoisotopic (exact) mass is 232 g/mol. The maximum atomic E-state index is 4.15. The highest BCUT2D eigenvalue weighted by Gasteiger charge is 2.33. The summed E-state index contributed by atoms with van der Waals surface area (Å²) in [5.41, 5.74) is 1.52. The minimum absolute atomic E-state index is 1.06. The summed E-state index contributed by atoms with van der Waals surface area (Å²) in [6.07, 6.45) is 16.4. The largest absolute Gasteiger partial charge is 0.0999 e. The lowest BCUT2D eigenvalue weighted by atomic mass is 9.65. The Hall–Kier alpha value is -0.260. The maximum absolute atomic E-state index is 4.15. The standard InChI is InChI=1S/C17H28/c1-13-5-7-15(8-6-13)17-11-9-16(10-12-17)14-3-2-4-14/h14-17H,1-12H2. The fourth-order valence-corrected chi connectivity index (χ4v) is 4.52. The Morgan fingerprint density at radius 2 is 1.00 bits per heavy atom. The number of hydrogen-bond donors (Lipinski definition) is 0. The van der Waals surface area contributed by atoms with Gasteiger partial charge in [0.05, 0.1) is 0 Å². The van der Waals surface area contributed by atoms with E-state index < -0.39 is 0 Å². The van der Waals surface area contributed by atoms with Gasteiger partial charge in [0.2, 0.25) is 0 Å². The van der Waals surface area contributed by atoms with Gasteiger partial charge in [-0.05, 0) is 75.0 Å². The van der Waals surface area contributed by atoms with Gasteiger partial charge < -0.3 is 0 Å². The predicted molar refractivity (Wildman–Crippen MR) is 73.9 cm³/mol. The van der Waals surface area contributed by atoms with Crippen LogP contribution in [-0.2, 0) is 0 Å². The van der Waals surface area contributed by atoms with Crippen molar-refractivity contribution in [1.29, 1.82) is 0 Å². The zero-order valence-electron chi connectivity index (χ0n) is 11.3. The van der Waals surface area contributed by atoms with Crippen LogP contribution in [0.15, 0.2) is 12.2 Å². The third-order valence-electron chi connectivity index (χ3n) is 6.04. The first-order valence-corrected chi connectivity index (χ1v) is 7.99.